The van der Waals surface area contributed by atoms with Crippen LogP contribution in [0, 0.1) is 0 Å². The molecule has 2 amide bonds. The zero-order valence-corrected chi connectivity index (χ0v) is 12.4. The highest BCUT2D eigenvalue weighted by Gasteiger charge is 2.19. The number of aromatic hydroxyl groups is 1. The van der Waals surface area contributed by atoms with Crippen LogP contribution in [0.3, 0.4) is 0 Å². The molecule has 6 heteroatoms. The van der Waals surface area contributed by atoms with Crippen LogP contribution in [0.4, 0.5) is 4.79 Å². The summed E-state index contributed by atoms with van der Waals surface area (Å²) in [5.41, 5.74) is 6.91. The molecule has 0 heterocycles. The Hall–Kier alpha value is -3.02. The zero-order valence-electron chi connectivity index (χ0n) is 12.4. The Balaban J connectivity index is 1.89. The number of benzene rings is 2. The summed E-state index contributed by atoms with van der Waals surface area (Å²) in [4.78, 5) is 23.3. The summed E-state index contributed by atoms with van der Waals surface area (Å²) < 4.78 is 5.07. The Bertz CT molecular complexity index is 656. The Morgan fingerprint density at radius 3 is 2.30 bits per heavy atom. The third-order valence-corrected chi connectivity index (χ3v) is 3.22. The molecule has 0 unspecified atom stereocenters. The van der Waals surface area contributed by atoms with Gasteiger partial charge in [0.1, 0.15) is 18.4 Å². The second kappa shape index (κ2) is 7.84. The maximum absolute atomic E-state index is 11.8. The molecule has 120 valence electrons. The lowest BCUT2D eigenvalue weighted by atomic mass is 10.1. The van der Waals surface area contributed by atoms with E-state index in [9.17, 15) is 14.7 Å². The van der Waals surface area contributed by atoms with Gasteiger partial charge in [0.2, 0.25) is 5.91 Å². The van der Waals surface area contributed by atoms with E-state index >= 15 is 0 Å². The molecule has 0 aromatic heterocycles. The van der Waals surface area contributed by atoms with Gasteiger partial charge in [0.05, 0.1) is 0 Å². The van der Waals surface area contributed by atoms with Gasteiger partial charge in [0.25, 0.3) is 0 Å². The molecule has 2 rings (SSSR count). The fourth-order valence-electron chi connectivity index (χ4n) is 2.00. The number of ether oxygens (including phenoxy) is 1. The number of nitrogens with one attached hydrogen (secondary N) is 1. The number of hydrogen-bond donors (Lipinski definition) is 3. The van der Waals surface area contributed by atoms with Gasteiger partial charge in [0.15, 0.2) is 0 Å². The maximum atomic E-state index is 11.8. The van der Waals surface area contributed by atoms with E-state index in [1.165, 1.54) is 12.1 Å². The van der Waals surface area contributed by atoms with Gasteiger partial charge in [-0.15, -0.1) is 0 Å². The maximum Gasteiger partial charge on any atom is 0.408 e. The monoisotopic (exact) mass is 314 g/mol. The van der Waals surface area contributed by atoms with Crippen molar-refractivity contribution in [2.75, 3.05) is 0 Å². The largest absolute Gasteiger partial charge is 0.508 e. The topological polar surface area (TPSA) is 102 Å². The van der Waals surface area contributed by atoms with Crippen molar-refractivity contribution in [3.8, 4) is 5.75 Å². The van der Waals surface area contributed by atoms with Crippen LogP contribution in [0.2, 0.25) is 0 Å². The van der Waals surface area contributed by atoms with Crippen LogP contribution >= 0.6 is 0 Å². The van der Waals surface area contributed by atoms with Crippen molar-refractivity contribution in [2.24, 2.45) is 5.73 Å². The number of hydrogen-bond acceptors (Lipinski definition) is 4. The van der Waals surface area contributed by atoms with Gasteiger partial charge in [0, 0.05) is 6.42 Å². The first-order valence-electron chi connectivity index (χ1n) is 7.09. The minimum atomic E-state index is -0.886. The van der Waals surface area contributed by atoms with E-state index in [-0.39, 0.29) is 18.8 Å². The first-order valence-corrected chi connectivity index (χ1v) is 7.09. The standard InChI is InChI=1S/C17H18N2O4/c18-16(21)15(10-12-6-8-14(20)9-7-12)19-17(22)23-11-13-4-2-1-3-5-13/h1-9,15,20H,10-11H2,(H2,18,21)(H,19,22)/t15-/m0/s1. The summed E-state index contributed by atoms with van der Waals surface area (Å²) in [7, 11) is 0. The Morgan fingerprint density at radius 1 is 1.04 bits per heavy atom. The van der Waals surface area contributed by atoms with Crippen LogP contribution in [-0.4, -0.2) is 23.1 Å². The molecule has 0 spiro atoms. The molecule has 0 radical (unpaired) electrons. The van der Waals surface area contributed by atoms with Gasteiger partial charge in [-0.05, 0) is 23.3 Å². The Labute approximate surface area is 133 Å². The second-order valence-corrected chi connectivity index (χ2v) is 5.03. The SMILES string of the molecule is NC(=O)[C@H](Cc1ccc(O)cc1)NC(=O)OCc1ccccc1. The third-order valence-electron chi connectivity index (χ3n) is 3.22. The zero-order chi connectivity index (χ0) is 16.7. The first-order chi connectivity index (χ1) is 11.0. The van der Waals surface area contributed by atoms with Crippen LogP contribution in [0.1, 0.15) is 11.1 Å². The average Bonchev–Trinajstić information content (AvgIpc) is 2.55. The average molecular weight is 314 g/mol. The Kier molecular flexibility index (Phi) is 5.57. The van der Waals surface area contributed by atoms with Gasteiger partial charge in [-0.3, -0.25) is 4.79 Å². The number of carbonyl (C=O) groups excluding carboxylic acids is 2. The third kappa shape index (κ3) is 5.35. The number of carbonyl (C=O) groups is 2. The molecule has 2 aromatic carbocycles. The predicted octanol–water partition coefficient (Wildman–Crippen LogP) is 1.71. The van der Waals surface area contributed by atoms with Crippen LogP contribution in [0.15, 0.2) is 54.6 Å². The molecule has 0 fully saturated rings. The van der Waals surface area contributed by atoms with Crippen LogP contribution < -0.4 is 11.1 Å². The Morgan fingerprint density at radius 2 is 1.70 bits per heavy atom. The molecule has 4 N–H and O–H groups in total. The van der Waals surface area contributed by atoms with E-state index in [1.807, 2.05) is 30.3 Å². The summed E-state index contributed by atoms with van der Waals surface area (Å²) in [6.45, 7) is 0.108. The molecule has 2 aromatic rings. The predicted molar refractivity (Wildman–Crippen MR) is 84.6 cm³/mol. The fraction of sp³-hybridized carbons (Fsp3) is 0.176. The molecule has 0 aliphatic rings. The molecule has 0 saturated heterocycles. The molecule has 0 bridgehead atoms. The van der Waals surface area contributed by atoms with Gasteiger partial charge in [-0.2, -0.15) is 0 Å². The molecule has 6 nitrogen and oxygen atoms in total. The van der Waals surface area contributed by atoms with Gasteiger partial charge < -0.3 is 20.9 Å². The molecular formula is C17H18N2O4. The van der Waals surface area contributed by atoms with Crippen molar-refractivity contribution in [3.05, 3.63) is 65.7 Å². The molecule has 1 atom stereocenters. The van der Waals surface area contributed by atoms with Gasteiger partial charge in [-0.25, -0.2) is 4.79 Å². The lowest BCUT2D eigenvalue weighted by Crippen LogP contribution is -2.46. The summed E-state index contributed by atoms with van der Waals surface area (Å²) in [6.07, 6.45) is -0.493. The normalized spacial score (nSPS) is 11.5. The van der Waals surface area contributed by atoms with E-state index in [1.54, 1.807) is 12.1 Å². The van der Waals surface area contributed by atoms with Gasteiger partial charge in [-0.1, -0.05) is 42.5 Å². The van der Waals surface area contributed by atoms with Crippen molar-refractivity contribution in [1.82, 2.24) is 5.32 Å². The highest BCUT2D eigenvalue weighted by molar-refractivity contribution is 5.84. The molecule has 0 saturated carbocycles. The minimum Gasteiger partial charge on any atom is -0.508 e. The highest BCUT2D eigenvalue weighted by atomic mass is 16.5. The lowest BCUT2D eigenvalue weighted by molar-refractivity contribution is -0.119. The van der Waals surface area contributed by atoms with Crippen molar-refractivity contribution < 1.29 is 19.4 Å². The number of primary amides is 1. The molecular weight excluding hydrogens is 296 g/mol. The summed E-state index contributed by atoms with van der Waals surface area (Å²) in [5, 5.41) is 11.7. The molecule has 0 aliphatic heterocycles. The van der Waals surface area contributed by atoms with E-state index < -0.39 is 18.0 Å². The fourth-order valence-corrected chi connectivity index (χ4v) is 2.00. The number of amides is 2. The summed E-state index contributed by atoms with van der Waals surface area (Å²) in [5.74, 6) is -0.533. The minimum absolute atomic E-state index is 0.108. The van der Waals surface area contributed by atoms with E-state index in [2.05, 4.69) is 5.32 Å². The number of phenolic OH excluding ortho intramolecular Hbond substituents is 1. The van der Waals surface area contributed by atoms with Crippen molar-refractivity contribution in [1.29, 1.82) is 0 Å². The van der Waals surface area contributed by atoms with E-state index in [0.29, 0.717) is 0 Å². The van der Waals surface area contributed by atoms with E-state index in [0.717, 1.165) is 11.1 Å². The van der Waals surface area contributed by atoms with Crippen LogP contribution in [-0.2, 0) is 22.6 Å². The second-order valence-electron chi connectivity index (χ2n) is 5.03. The van der Waals surface area contributed by atoms with Crippen LogP contribution in [0.25, 0.3) is 0 Å². The number of rotatable bonds is 6. The van der Waals surface area contributed by atoms with Crippen molar-refractivity contribution in [3.63, 3.8) is 0 Å². The van der Waals surface area contributed by atoms with Gasteiger partial charge >= 0.3 is 6.09 Å². The van der Waals surface area contributed by atoms with Crippen LogP contribution in [0.5, 0.6) is 5.75 Å². The lowest BCUT2D eigenvalue weighted by Gasteiger charge is -2.15. The summed E-state index contributed by atoms with van der Waals surface area (Å²) >= 11 is 0. The van der Waals surface area contributed by atoms with Crippen molar-refractivity contribution >= 4 is 12.0 Å². The highest BCUT2D eigenvalue weighted by Crippen LogP contribution is 2.11. The molecule has 23 heavy (non-hydrogen) atoms. The summed E-state index contributed by atoms with van der Waals surface area (Å²) in [6, 6.07) is 14.6. The van der Waals surface area contributed by atoms with E-state index in [4.69, 9.17) is 10.5 Å². The van der Waals surface area contributed by atoms with Crippen molar-refractivity contribution in [2.45, 2.75) is 19.1 Å². The number of alkyl carbamates (subject to hydrolysis) is 1. The number of phenols is 1. The number of nitrogens with two attached hydrogens (primary N) is 1. The molecule has 0 aliphatic carbocycles. The first kappa shape index (κ1) is 16.4. The quantitative estimate of drug-likeness (QED) is 0.755. The smallest absolute Gasteiger partial charge is 0.408 e.